The molecule has 1 fully saturated rings. The number of carbonyl (C=O) groups excluding carboxylic acids is 2. The summed E-state index contributed by atoms with van der Waals surface area (Å²) in [4.78, 5) is 38.1. The Balaban J connectivity index is 1.69. The van der Waals surface area contributed by atoms with E-state index in [1.54, 1.807) is 0 Å². The Morgan fingerprint density at radius 3 is 2.87 bits per heavy atom. The lowest BCUT2D eigenvalue weighted by atomic mass is 10.0. The minimum absolute atomic E-state index is 0.0805. The largest absolute Gasteiger partial charge is 0.477 e. The van der Waals surface area contributed by atoms with Crippen LogP contribution in [0.25, 0.3) is 0 Å². The first kappa shape index (κ1) is 16.8. The number of thiophene rings is 1. The van der Waals surface area contributed by atoms with Gasteiger partial charge in [0.2, 0.25) is 5.91 Å². The van der Waals surface area contributed by atoms with Crippen LogP contribution in [0, 0.1) is 0 Å². The molecule has 3 heterocycles. The summed E-state index contributed by atoms with van der Waals surface area (Å²) in [6.07, 6.45) is 0.236. The third-order valence-corrected chi connectivity index (χ3v) is 6.78. The lowest BCUT2D eigenvalue weighted by Gasteiger charge is -2.49. The maximum atomic E-state index is 12.3. The van der Waals surface area contributed by atoms with Crippen LogP contribution < -0.4 is 5.32 Å². The summed E-state index contributed by atoms with van der Waals surface area (Å²) in [5.41, 5.74) is 0.827. The van der Waals surface area contributed by atoms with Gasteiger partial charge in [0, 0.05) is 15.1 Å². The Bertz CT molecular complexity index is 689. The number of alkyl halides is 1. The van der Waals surface area contributed by atoms with Crippen LogP contribution in [0.4, 0.5) is 0 Å². The minimum atomic E-state index is -1.08. The van der Waals surface area contributed by atoms with Crippen molar-refractivity contribution in [1.29, 1.82) is 0 Å². The Labute approximate surface area is 154 Å². The van der Waals surface area contributed by atoms with Gasteiger partial charge in [-0.05, 0) is 17.0 Å². The molecule has 0 bridgehead atoms. The third kappa shape index (κ3) is 3.13. The number of halogens is 1. The zero-order valence-electron chi connectivity index (χ0n) is 11.8. The molecule has 2 atom stereocenters. The number of rotatable bonds is 5. The Morgan fingerprint density at radius 2 is 2.26 bits per heavy atom. The summed E-state index contributed by atoms with van der Waals surface area (Å²) < 4.78 is 0.568. The number of carboxylic acids is 1. The molecule has 6 nitrogen and oxygen atoms in total. The van der Waals surface area contributed by atoms with Gasteiger partial charge in [0.05, 0.1) is 6.42 Å². The molecule has 0 aliphatic carbocycles. The van der Waals surface area contributed by atoms with Crippen LogP contribution in [0.1, 0.15) is 4.88 Å². The van der Waals surface area contributed by atoms with Gasteiger partial charge in [0.15, 0.2) is 0 Å². The van der Waals surface area contributed by atoms with Crippen LogP contribution in [0.15, 0.2) is 28.8 Å². The maximum absolute atomic E-state index is 12.3. The molecule has 23 heavy (non-hydrogen) atoms. The fourth-order valence-corrected chi connectivity index (χ4v) is 5.63. The van der Waals surface area contributed by atoms with Crippen LogP contribution >= 0.6 is 45.7 Å². The number of fused-ring (bicyclic) bond motifs is 1. The predicted molar refractivity (Wildman–Crippen MR) is 96.6 cm³/mol. The molecule has 1 aromatic heterocycles. The van der Waals surface area contributed by atoms with Crippen molar-refractivity contribution in [1.82, 2.24) is 10.2 Å². The highest BCUT2D eigenvalue weighted by Crippen LogP contribution is 2.40. The van der Waals surface area contributed by atoms with E-state index < -0.39 is 12.0 Å². The first-order chi connectivity index (χ1) is 11.0. The molecule has 9 heteroatoms. The standard InChI is InChI=1S/C14H13IN2O4S2/c15-5-7-6-23-13-10(12(19)17(13)11(7)14(20)21)16-9(18)4-8-2-1-3-22-8/h1-3,10,13H,4-6H2,(H,16,18)(H,20,21)/t10-,13?/m1/s1. The SMILES string of the molecule is O=C(Cc1cccs1)N[C@@H]1C(=O)N2C(C(=O)O)=C(CI)CSC12. The number of hydrogen-bond donors (Lipinski definition) is 2. The molecule has 3 rings (SSSR count). The fraction of sp³-hybridized carbons (Fsp3) is 0.357. The summed E-state index contributed by atoms with van der Waals surface area (Å²) in [5, 5.41) is 13.7. The first-order valence-corrected chi connectivity index (χ1v) is 10.3. The number of nitrogens with one attached hydrogen (secondary N) is 1. The van der Waals surface area contributed by atoms with E-state index >= 15 is 0 Å². The monoisotopic (exact) mass is 464 g/mol. The van der Waals surface area contributed by atoms with Crippen molar-refractivity contribution >= 4 is 63.5 Å². The average molecular weight is 464 g/mol. The van der Waals surface area contributed by atoms with Crippen LogP contribution in [-0.2, 0) is 20.8 Å². The minimum Gasteiger partial charge on any atom is -0.477 e. The number of β-lactam (4-membered cyclic amide) rings is 1. The molecule has 122 valence electrons. The highest BCUT2D eigenvalue weighted by molar-refractivity contribution is 14.1. The second kappa shape index (κ2) is 6.81. The highest BCUT2D eigenvalue weighted by Gasteiger charge is 2.53. The fourth-order valence-electron chi connectivity index (χ4n) is 2.58. The Hall–Kier alpha value is -1.07. The molecule has 2 aliphatic heterocycles. The predicted octanol–water partition coefficient (Wildman–Crippen LogP) is 1.46. The van der Waals surface area contributed by atoms with Crippen LogP contribution in [0.2, 0.25) is 0 Å². The van der Waals surface area contributed by atoms with Gasteiger partial charge in [-0.25, -0.2) is 4.79 Å². The highest BCUT2D eigenvalue weighted by atomic mass is 127. The van der Waals surface area contributed by atoms with Crippen molar-refractivity contribution < 1.29 is 19.5 Å². The van der Waals surface area contributed by atoms with E-state index in [9.17, 15) is 19.5 Å². The van der Waals surface area contributed by atoms with E-state index in [2.05, 4.69) is 27.9 Å². The molecule has 0 radical (unpaired) electrons. The molecule has 2 aliphatic rings. The van der Waals surface area contributed by atoms with Crippen molar-refractivity contribution in [2.24, 2.45) is 0 Å². The van der Waals surface area contributed by atoms with Gasteiger partial charge in [-0.15, -0.1) is 23.1 Å². The topological polar surface area (TPSA) is 86.7 Å². The lowest BCUT2D eigenvalue weighted by Crippen LogP contribution is -2.70. The van der Waals surface area contributed by atoms with E-state index in [-0.39, 0.29) is 29.3 Å². The quantitative estimate of drug-likeness (QED) is 0.392. The van der Waals surface area contributed by atoms with Crippen LogP contribution in [0.3, 0.4) is 0 Å². The van der Waals surface area contributed by atoms with Gasteiger partial charge < -0.3 is 10.4 Å². The number of amides is 2. The van der Waals surface area contributed by atoms with Gasteiger partial charge in [-0.3, -0.25) is 14.5 Å². The Morgan fingerprint density at radius 1 is 1.48 bits per heavy atom. The average Bonchev–Trinajstić information content (AvgIpc) is 3.03. The molecular weight excluding hydrogens is 451 g/mol. The van der Waals surface area contributed by atoms with Crippen LogP contribution in [-0.4, -0.2) is 49.4 Å². The normalized spacial score (nSPS) is 23.3. The molecule has 1 aromatic rings. The number of nitrogens with zero attached hydrogens (tertiary/aromatic N) is 1. The number of aliphatic carboxylic acids is 1. The van der Waals surface area contributed by atoms with Crippen molar-refractivity contribution in [3.8, 4) is 0 Å². The van der Waals surface area contributed by atoms with Crippen molar-refractivity contribution in [2.75, 3.05) is 10.2 Å². The van der Waals surface area contributed by atoms with Crippen molar-refractivity contribution in [3.05, 3.63) is 33.7 Å². The smallest absolute Gasteiger partial charge is 0.352 e. The summed E-state index contributed by atoms with van der Waals surface area (Å²) >= 11 is 5.08. The molecule has 0 saturated carbocycles. The molecule has 2 N–H and O–H groups in total. The molecule has 2 amide bonds. The number of carbonyl (C=O) groups is 3. The summed E-state index contributed by atoms with van der Waals surface area (Å²) in [5.74, 6) is -1.08. The number of thioether (sulfide) groups is 1. The van der Waals surface area contributed by atoms with E-state index in [1.807, 2.05) is 17.5 Å². The van der Waals surface area contributed by atoms with E-state index in [1.165, 1.54) is 28.0 Å². The molecule has 1 saturated heterocycles. The maximum Gasteiger partial charge on any atom is 0.352 e. The zero-order valence-corrected chi connectivity index (χ0v) is 15.6. The van der Waals surface area contributed by atoms with E-state index in [0.717, 1.165) is 10.5 Å². The molecule has 1 unspecified atom stereocenters. The zero-order chi connectivity index (χ0) is 16.6. The summed E-state index contributed by atoms with van der Waals surface area (Å²) in [7, 11) is 0. The molecule has 0 aromatic carbocycles. The second-order valence-electron chi connectivity index (χ2n) is 5.10. The van der Waals surface area contributed by atoms with Crippen LogP contribution in [0.5, 0.6) is 0 Å². The van der Waals surface area contributed by atoms with E-state index in [0.29, 0.717) is 10.2 Å². The van der Waals surface area contributed by atoms with Gasteiger partial charge in [0.25, 0.3) is 5.91 Å². The lowest BCUT2D eigenvalue weighted by molar-refractivity contribution is -0.150. The third-order valence-electron chi connectivity index (χ3n) is 3.64. The van der Waals surface area contributed by atoms with Crippen molar-refractivity contribution in [2.45, 2.75) is 17.8 Å². The van der Waals surface area contributed by atoms with Gasteiger partial charge in [-0.1, -0.05) is 28.7 Å². The van der Waals surface area contributed by atoms with Gasteiger partial charge in [0.1, 0.15) is 17.1 Å². The Kier molecular flexibility index (Phi) is 4.97. The number of hydrogen-bond acceptors (Lipinski definition) is 5. The number of carboxylic acid groups (broad SMARTS) is 1. The molecular formula is C14H13IN2O4S2. The van der Waals surface area contributed by atoms with E-state index in [4.69, 9.17) is 0 Å². The van der Waals surface area contributed by atoms with Crippen molar-refractivity contribution in [3.63, 3.8) is 0 Å². The van der Waals surface area contributed by atoms with Gasteiger partial charge >= 0.3 is 5.97 Å². The second-order valence-corrected chi connectivity index (χ2v) is 8.00. The van der Waals surface area contributed by atoms with Gasteiger partial charge in [-0.2, -0.15) is 0 Å². The first-order valence-electron chi connectivity index (χ1n) is 6.80. The molecule has 0 spiro atoms. The summed E-state index contributed by atoms with van der Waals surface area (Å²) in [6.45, 7) is 0. The summed E-state index contributed by atoms with van der Waals surface area (Å²) in [6, 6.07) is 3.10.